The number of hydrogen-bond donors (Lipinski definition) is 0. The molecule has 1 aliphatic heterocycles. The van der Waals surface area contributed by atoms with Crippen molar-refractivity contribution in [3.05, 3.63) is 33.9 Å². The third-order valence-corrected chi connectivity index (χ3v) is 4.47. The fourth-order valence-corrected chi connectivity index (χ4v) is 2.92. The number of non-ortho nitro benzene ring substituents is 1. The van der Waals surface area contributed by atoms with E-state index >= 15 is 0 Å². The highest BCUT2D eigenvalue weighted by atomic mass is 16.6. The van der Waals surface area contributed by atoms with E-state index in [1.165, 1.54) is 25.0 Å². The van der Waals surface area contributed by atoms with Crippen molar-refractivity contribution in [3.63, 3.8) is 0 Å². The number of carbonyl (C=O) groups excluding carboxylic acids is 1. The molecule has 1 aliphatic carbocycles. The van der Waals surface area contributed by atoms with E-state index in [4.69, 9.17) is 0 Å². The quantitative estimate of drug-likeness (QED) is 0.476. The van der Waals surface area contributed by atoms with Crippen LogP contribution < -0.4 is 4.90 Å². The summed E-state index contributed by atoms with van der Waals surface area (Å²) in [6, 6.07) is 4.45. The maximum atomic E-state index is 11.1. The summed E-state index contributed by atoms with van der Waals surface area (Å²) in [4.78, 5) is 23.6. The van der Waals surface area contributed by atoms with Gasteiger partial charge in [0.15, 0.2) is 6.29 Å². The molecule has 0 unspecified atom stereocenters. The molecule has 3 rings (SSSR count). The molecule has 0 atom stereocenters. The molecule has 0 bridgehead atoms. The highest BCUT2D eigenvalue weighted by Gasteiger charge is 2.44. The Morgan fingerprint density at radius 3 is 2.42 bits per heavy atom. The lowest BCUT2D eigenvalue weighted by Gasteiger charge is -2.34. The molecule has 1 heterocycles. The normalized spacial score (nSPS) is 20.3. The van der Waals surface area contributed by atoms with Crippen LogP contribution in [-0.2, 0) is 0 Å². The maximum Gasteiger partial charge on any atom is 0.271 e. The number of carbonyl (C=O) groups is 1. The first kappa shape index (κ1) is 12.1. The van der Waals surface area contributed by atoms with Crippen LogP contribution in [0.2, 0.25) is 0 Å². The Morgan fingerprint density at radius 2 is 1.89 bits per heavy atom. The Bertz CT molecular complexity index is 527. The van der Waals surface area contributed by atoms with E-state index < -0.39 is 4.92 Å². The SMILES string of the molecule is O=Cc1ccc([N+](=O)[O-])cc1N1CCC2(CC1)CC2. The Hall–Kier alpha value is -1.91. The molecule has 19 heavy (non-hydrogen) atoms. The van der Waals surface area contributed by atoms with Gasteiger partial charge in [-0.25, -0.2) is 0 Å². The first-order chi connectivity index (χ1) is 9.13. The molecule has 2 fully saturated rings. The largest absolute Gasteiger partial charge is 0.371 e. The first-order valence-corrected chi connectivity index (χ1v) is 6.62. The van der Waals surface area contributed by atoms with Gasteiger partial charge in [0.1, 0.15) is 0 Å². The summed E-state index contributed by atoms with van der Waals surface area (Å²) < 4.78 is 0. The first-order valence-electron chi connectivity index (χ1n) is 6.62. The summed E-state index contributed by atoms with van der Waals surface area (Å²) in [5.41, 5.74) is 1.85. The fourth-order valence-electron chi connectivity index (χ4n) is 2.92. The minimum absolute atomic E-state index is 0.0484. The Morgan fingerprint density at radius 1 is 1.21 bits per heavy atom. The molecule has 1 saturated carbocycles. The highest BCUT2D eigenvalue weighted by molar-refractivity contribution is 5.85. The number of piperidine rings is 1. The number of rotatable bonds is 3. The molecule has 5 nitrogen and oxygen atoms in total. The minimum Gasteiger partial charge on any atom is -0.371 e. The molecule has 2 aliphatic rings. The molecule has 0 amide bonds. The second-order valence-corrected chi connectivity index (χ2v) is 5.61. The van der Waals surface area contributed by atoms with Crippen LogP contribution in [0.15, 0.2) is 18.2 Å². The fraction of sp³-hybridized carbons (Fsp3) is 0.500. The van der Waals surface area contributed by atoms with E-state index in [0.717, 1.165) is 32.2 Å². The summed E-state index contributed by atoms with van der Waals surface area (Å²) in [5, 5.41) is 10.8. The minimum atomic E-state index is -0.412. The molecular formula is C14H16N2O3. The number of benzene rings is 1. The molecule has 1 saturated heterocycles. The Balaban J connectivity index is 1.87. The van der Waals surface area contributed by atoms with Gasteiger partial charge in [0.05, 0.1) is 10.6 Å². The van der Waals surface area contributed by atoms with Crippen LogP contribution in [0.3, 0.4) is 0 Å². The summed E-state index contributed by atoms with van der Waals surface area (Å²) in [7, 11) is 0. The van der Waals surface area contributed by atoms with E-state index in [1.54, 1.807) is 6.07 Å². The second-order valence-electron chi connectivity index (χ2n) is 5.61. The molecule has 0 aromatic heterocycles. The van der Waals surface area contributed by atoms with Crippen molar-refractivity contribution in [1.82, 2.24) is 0 Å². The predicted molar refractivity (Wildman–Crippen MR) is 71.6 cm³/mol. The number of aldehydes is 1. The van der Waals surface area contributed by atoms with Gasteiger partial charge < -0.3 is 4.90 Å². The van der Waals surface area contributed by atoms with Gasteiger partial charge in [-0.15, -0.1) is 0 Å². The molecule has 0 N–H and O–H groups in total. The summed E-state index contributed by atoms with van der Waals surface area (Å²) in [6.07, 6.45) is 5.68. The van der Waals surface area contributed by atoms with Gasteiger partial charge in [-0.3, -0.25) is 14.9 Å². The van der Waals surface area contributed by atoms with Crippen molar-refractivity contribution in [3.8, 4) is 0 Å². The molecule has 0 radical (unpaired) electrons. The standard InChI is InChI=1S/C14H16N2O3/c17-10-11-1-2-12(16(18)19)9-13(11)15-7-5-14(3-4-14)6-8-15/h1-2,9-10H,3-8H2. The smallest absolute Gasteiger partial charge is 0.271 e. The predicted octanol–water partition coefficient (Wildman–Crippen LogP) is 2.79. The molecule has 1 spiro atoms. The summed E-state index contributed by atoms with van der Waals surface area (Å²) in [5.74, 6) is 0. The van der Waals surface area contributed by atoms with Crippen LogP contribution in [0.25, 0.3) is 0 Å². The van der Waals surface area contributed by atoms with Gasteiger partial charge in [0, 0.05) is 30.8 Å². The van der Waals surface area contributed by atoms with Gasteiger partial charge in [-0.2, -0.15) is 0 Å². The Kier molecular flexibility index (Phi) is 2.77. The van der Waals surface area contributed by atoms with Crippen molar-refractivity contribution in [1.29, 1.82) is 0 Å². The highest BCUT2D eigenvalue weighted by Crippen LogP contribution is 2.54. The average molecular weight is 260 g/mol. The monoisotopic (exact) mass is 260 g/mol. The van der Waals surface area contributed by atoms with E-state index in [0.29, 0.717) is 16.7 Å². The van der Waals surface area contributed by atoms with Gasteiger partial charge in [-0.05, 0) is 37.2 Å². The van der Waals surface area contributed by atoms with Crippen LogP contribution in [0.5, 0.6) is 0 Å². The third-order valence-electron chi connectivity index (χ3n) is 4.47. The van der Waals surface area contributed by atoms with E-state index in [9.17, 15) is 14.9 Å². The van der Waals surface area contributed by atoms with Crippen LogP contribution in [0, 0.1) is 15.5 Å². The molecule has 100 valence electrons. The van der Waals surface area contributed by atoms with Crippen LogP contribution in [-0.4, -0.2) is 24.3 Å². The number of nitro benzene ring substituents is 1. The molecule has 1 aromatic carbocycles. The van der Waals surface area contributed by atoms with Crippen molar-refractivity contribution in [2.24, 2.45) is 5.41 Å². The van der Waals surface area contributed by atoms with Gasteiger partial charge in [0.2, 0.25) is 0 Å². The van der Waals surface area contributed by atoms with Crippen molar-refractivity contribution in [2.45, 2.75) is 25.7 Å². The molecule has 1 aromatic rings. The average Bonchev–Trinajstić information content (AvgIpc) is 3.18. The zero-order valence-corrected chi connectivity index (χ0v) is 10.7. The van der Waals surface area contributed by atoms with E-state index in [-0.39, 0.29) is 5.69 Å². The van der Waals surface area contributed by atoms with E-state index in [1.807, 2.05) is 0 Å². The number of anilines is 1. The van der Waals surface area contributed by atoms with Crippen LogP contribution in [0.1, 0.15) is 36.0 Å². The topological polar surface area (TPSA) is 63.4 Å². The zero-order chi connectivity index (χ0) is 13.5. The number of hydrogen-bond acceptors (Lipinski definition) is 4. The molecule has 5 heteroatoms. The lowest BCUT2D eigenvalue weighted by atomic mass is 9.93. The summed E-state index contributed by atoms with van der Waals surface area (Å²) in [6.45, 7) is 1.78. The van der Waals surface area contributed by atoms with Gasteiger partial charge in [0.25, 0.3) is 5.69 Å². The van der Waals surface area contributed by atoms with Crippen LogP contribution in [0.4, 0.5) is 11.4 Å². The Labute approximate surface area is 111 Å². The van der Waals surface area contributed by atoms with Gasteiger partial charge in [-0.1, -0.05) is 0 Å². The van der Waals surface area contributed by atoms with Crippen molar-refractivity contribution < 1.29 is 9.72 Å². The second kappa shape index (κ2) is 4.33. The van der Waals surface area contributed by atoms with Gasteiger partial charge >= 0.3 is 0 Å². The van der Waals surface area contributed by atoms with E-state index in [2.05, 4.69) is 4.90 Å². The molecular weight excluding hydrogens is 244 g/mol. The zero-order valence-electron chi connectivity index (χ0n) is 10.7. The lowest BCUT2D eigenvalue weighted by Crippen LogP contribution is -2.35. The summed E-state index contributed by atoms with van der Waals surface area (Å²) >= 11 is 0. The van der Waals surface area contributed by atoms with Crippen LogP contribution >= 0.6 is 0 Å². The van der Waals surface area contributed by atoms with Crippen molar-refractivity contribution >= 4 is 17.7 Å². The maximum absolute atomic E-state index is 11.1. The number of nitro groups is 1. The number of nitrogens with zero attached hydrogens (tertiary/aromatic N) is 2. The lowest BCUT2D eigenvalue weighted by molar-refractivity contribution is -0.384. The van der Waals surface area contributed by atoms with Crippen molar-refractivity contribution in [2.75, 3.05) is 18.0 Å². The third kappa shape index (κ3) is 2.20.